The molecule has 0 aromatic heterocycles. The summed E-state index contributed by atoms with van der Waals surface area (Å²) in [6.45, 7) is 1.83. The normalized spacial score (nSPS) is 13.6. The number of alkyl halides is 2. The topological polar surface area (TPSA) is 74.6 Å². The van der Waals surface area contributed by atoms with E-state index in [0.717, 1.165) is 0 Å². The van der Waals surface area contributed by atoms with Crippen LogP contribution in [0.15, 0.2) is 0 Å². The van der Waals surface area contributed by atoms with Gasteiger partial charge in [-0.15, -0.1) is 11.6 Å². The van der Waals surface area contributed by atoms with Crippen LogP contribution in [0, 0.1) is 0 Å². The Labute approximate surface area is 91.8 Å². The number of aliphatic carboxylic acids is 2. The van der Waals surface area contributed by atoms with Crippen LogP contribution in [0.25, 0.3) is 0 Å². The first-order valence-electron chi connectivity index (χ1n) is 4.14. The van der Waals surface area contributed by atoms with Crippen molar-refractivity contribution in [3.63, 3.8) is 0 Å². The first-order chi connectivity index (χ1) is 6.34. The molecule has 14 heavy (non-hydrogen) atoms. The Morgan fingerprint density at radius 1 is 1.36 bits per heavy atom. The quantitative estimate of drug-likeness (QED) is 0.552. The Morgan fingerprint density at radius 3 is 2.07 bits per heavy atom. The molecule has 2 N–H and O–H groups in total. The molecule has 0 amide bonds. The predicted octanol–water partition coefficient (Wildman–Crippen LogP) is 1.93. The SMILES string of the molecule is CCC(Cl)CCC(Cl)(C(=O)O)C(=O)O. The standard InChI is InChI=1S/C8H12Cl2O4/c1-2-5(9)3-4-8(10,6(11)12)7(13)14/h5H,2-4H2,1H3,(H,11,12)(H,13,14). The summed E-state index contributed by atoms with van der Waals surface area (Å²) in [5.74, 6) is -3.10. The van der Waals surface area contributed by atoms with Crippen molar-refractivity contribution in [2.45, 2.75) is 36.4 Å². The Hall–Kier alpha value is -0.480. The Kier molecular flexibility index (Phi) is 5.23. The first-order valence-corrected chi connectivity index (χ1v) is 4.95. The van der Waals surface area contributed by atoms with Crippen molar-refractivity contribution in [2.75, 3.05) is 0 Å². The Balaban J connectivity index is 4.40. The van der Waals surface area contributed by atoms with E-state index in [0.29, 0.717) is 6.42 Å². The van der Waals surface area contributed by atoms with Gasteiger partial charge in [0.1, 0.15) is 0 Å². The Morgan fingerprint density at radius 2 is 1.79 bits per heavy atom. The van der Waals surface area contributed by atoms with E-state index < -0.39 is 16.8 Å². The second-order valence-corrected chi connectivity index (χ2v) is 4.22. The van der Waals surface area contributed by atoms with Gasteiger partial charge in [0.2, 0.25) is 4.87 Å². The lowest BCUT2D eigenvalue weighted by molar-refractivity contribution is -0.152. The number of carboxylic acid groups (broad SMARTS) is 2. The summed E-state index contributed by atoms with van der Waals surface area (Å²) < 4.78 is 0. The molecule has 1 atom stereocenters. The highest BCUT2D eigenvalue weighted by molar-refractivity contribution is 6.44. The van der Waals surface area contributed by atoms with Gasteiger partial charge in [-0.05, 0) is 19.3 Å². The van der Waals surface area contributed by atoms with Gasteiger partial charge >= 0.3 is 11.9 Å². The van der Waals surface area contributed by atoms with E-state index in [-0.39, 0.29) is 18.2 Å². The molecule has 0 fully saturated rings. The Bertz CT molecular complexity index is 215. The monoisotopic (exact) mass is 242 g/mol. The van der Waals surface area contributed by atoms with E-state index in [1.165, 1.54) is 0 Å². The largest absolute Gasteiger partial charge is 0.479 e. The van der Waals surface area contributed by atoms with E-state index in [4.69, 9.17) is 33.4 Å². The number of hydrogen-bond acceptors (Lipinski definition) is 2. The van der Waals surface area contributed by atoms with E-state index in [1.807, 2.05) is 6.92 Å². The lowest BCUT2D eigenvalue weighted by Gasteiger charge is -2.18. The summed E-state index contributed by atoms with van der Waals surface area (Å²) in [5.41, 5.74) is 0. The minimum absolute atomic E-state index is 0.179. The highest BCUT2D eigenvalue weighted by Crippen LogP contribution is 2.25. The molecule has 82 valence electrons. The molecule has 0 aromatic carbocycles. The van der Waals surface area contributed by atoms with Crippen LogP contribution in [0.4, 0.5) is 0 Å². The van der Waals surface area contributed by atoms with Crippen LogP contribution in [-0.4, -0.2) is 32.4 Å². The van der Waals surface area contributed by atoms with Gasteiger partial charge in [-0.2, -0.15) is 0 Å². The number of hydrogen-bond donors (Lipinski definition) is 2. The second kappa shape index (κ2) is 5.41. The lowest BCUT2D eigenvalue weighted by Crippen LogP contribution is -2.41. The smallest absolute Gasteiger partial charge is 0.336 e. The van der Waals surface area contributed by atoms with Crippen molar-refractivity contribution >= 4 is 35.1 Å². The highest BCUT2D eigenvalue weighted by Gasteiger charge is 2.44. The third-order valence-electron chi connectivity index (χ3n) is 1.92. The zero-order valence-electron chi connectivity index (χ0n) is 7.67. The molecule has 0 aliphatic carbocycles. The third kappa shape index (κ3) is 3.35. The summed E-state index contributed by atoms with van der Waals surface area (Å²) in [5, 5.41) is 17.0. The van der Waals surface area contributed by atoms with Gasteiger partial charge in [-0.1, -0.05) is 18.5 Å². The van der Waals surface area contributed by atoms with Crippen molar-refractivity contribution in [1.29, 1.82) is 0 Å². The fourth-order valence-corrected chi connectivity index (χ4v) is 1.08. The van der Waals surface area contributed by atoms with Gasteiger partial charge < -0.3 is 10.2 Å². The molecule has 6 heteroatoms. The highest BCUT2D eigenvalue weighted by atomic mass is 35.5. The van der Waals surface area contributed by atoms with Crippen LogP contribution >= 0.6 is 23.2 Å². The molecule has 0 heterocycles. The maximum absolute atomic E-state index is 10.6. The maximum Gasteiger partial charge on any atom is 0.336 e. The van der Waals surface area contributed by atoms with Crippen molar-refractivity contribution in [2.24, 2.45) is 0 Å². The van der Waals surface area contributed by atoms with Crippen LogP contribution in [0.1, 0.15) is 26.2 Å². The summed E-state index contributed by atoms with van der Waals surface area (Å²) in [7, 11) is 0. The molecule has 0 saturated carbocycles. The number of rotatable bonds is 6. The lowest BCUT2D eigenvalue weighted by atomic mass is 10.0. The first kappa shape index (κ1) is 13.5. The molecular weight excluding hydrogens is 231 g/mol. The average Bonchev–Trinajstić information content (AvgIpc) is 2.12. The van der Waals surface area contributed by atoms with E-state index >= 15 is 0 Å². The molecule has 1 unspecified atom stereocenters. The van der Waals surface area contributed by atoms with Crippen LogP contribution in [0.5, 0.6) is 0 Å². The molecule has 0 spiro atoms. The summed E-state index contributed by atoms with van der Waals surface area (Å²) >= 11 is 11.2. The molecule has 4 nitrogen and oxygen atoms in total. The summed E-state index contributed by atoms with van der Waals surface area (Å²) in [6, 6.07) is 0. The number of halogens is 2. The van der Waals surface area contributed by atoms with Gasteiger partial charge in [-0.3, -0.25) is 0 Å². The van der Waals surface area contributed by atoms with Crippen molar-refractivity contribution in [3.05, 3.63) is 0 Å². The van der Waals surface area contributed by atoms with Gasteiger partial charge in [0.05, 0.1) is 0 Å². The second-order valence-electron chi connectivity index (χ2n) is 2.96. The van der Waals surface area contributed by atoms with Gasteiger partial charge in [0, 0.05) is 5.38 Å². The van der Waals surface area contributed by atoms with E-state index in [1.54, 1.807) is 0 Å². The summed E-state index contributed by atoms with van der Waals surface area (Å²) in [6.07, 6.45) is 0.731. The molecular formula is C8H12Cl2O4. The predicted molar refractivity (Wildman–Crippen MR) is 53.0 cm³/mol. The van der Waals surface area contributed by atoms with Crippen molar-refractivity contribution < 1.29 is 19.8 Å². The number of carboxylic acids is 2. The molecule has 0 bridgehead atoms. The van der Waals surface area contributed by atoms with E-state index in [2.05, 4.69) is 0 Å². The zero-order chi connectivity index (χ0) is 11.4. The van der Waals surface area contributed by atoms with Crippen molar-refractivity contribution in [3.8, 4) is 0 Å². The zero-order valence-corrected chi connectivity index (χ0v) is 9.18. The molecule has 0 radical (unpaired) electrons. The molecule has 0 rings (SSSR count). The summed E-state index contributed by atoms with van der Waals surface area (Å²) in [4.78, 5) is 19.0. The van der Waals surface area contributed by atoms with Crippen LogP contribution < -0.4 is 0 Å². The van der Waals surface area contributed by atoms with Crippen LogP contribution in [-0.2, 0) is 9.59 Å². The minimum Gasteiger partial charge on any atom is -0.479 e. The molecule has 0 aliphatic heterocycles. The average molecular weight is 243 g/mol. The van der Waals surface area contributed by atoms with Crippen LogP contribution in [0.3, 0.4) is 0 Å². The fraction of sp³-hybridized carbons (Fsp3) is 0.750. The third-order valence-corrected chi connectivity index (χ3v) is 2.96. The van der Waals surface area contributed by atoms with E-state index in [9.17, 15) is 9.59 Å². The molecule has 0 aromatic rings. The maximum atomic E-state index is 10.6. The number of carbonyl (C=O) groups is 2. The molecule has 0 aliphatic rings. The van der Waals surface area contributed by atoms with Gasteiger partial charge in [0.15, 0.2) is 0 Å². The van der Waals surface area contributed by atoms with Crippen molar-refractivity contribution in [1.82, 2.24) is 0 Å². The van der Waals surface area contributed by atoms with Crippen LogP contribution in [0.2, 0.25) is 0 Å². The van der Waals surface area contributed by atoms with Gasteiger partial charge in [0.25, 0.3) is 0 Å². The minimum atomic E-state index is -2.25. The van der Waals surface area contributed by atoms with Gasteiger partial charge in [-0.25, -0.2) is 9.59 Å². The molecule has 0 saturated heterocycles. The fourth-order valence-electron chi connectivity index (χ4n) is 0.865.